The summed E-state index contributed by atoms with van der Waals surface area (Å²) in [6, 6.07) is 16.8. The molecule has 7 nitrogen and oxygen atoms in total. The molecule has 1 N–H and O–H groups in total. The summed E-state index contributed by atoms with van der Waals surface area (Å²) in [4.78, 5) is 25.4. The van der Waals surface area contributed by atoms with Crippen molar-refractivity contribution in [3.8, 4) is 0 Å². The van der Waals surface area contributed by atoms with Crippen LogP contribution in [0.3, 0.4) is 0 Å². The minimum atomic E-state index is -3.15. The molecule has 2 aromatic rings. The molecule has 2 bridgehead atoms. The topological polar surface area (TPSA) is 95.9 Å². The summed E-state index contributed by atoms with van der Waals surface area (Å²) in [5.74, 6) is 0.363. The number of hydrazone groups is 1. The van der Waals surface area contributed by atoms with Gasteiger partial charge < -0.3 is 5.32 Å². The van der Waals surface area contributed by atoms with Crippen molar-refractivity contribution in [2.45, 2.75) is 43.6 Å². The zero-order valence-corrected chi connectivity index (χ0v) is 19.6. The van der Waals surface area contributed by atoms with Gasteiger partial charge in [0.2, 0.25) is 5.91 Å². The van der Waals surface area contributed by atoms with Crippen LogP contribution in [0.15, 0.2) is 53.6 Å². The first-order valence-electron chi connectivity index (χ1n) is 12.0. The zero-order valence-electron chi connectivity index (χ0n) is 18.8. The van der Waals surface area contributed by atoms with Gasteiger partial charge in [-0.1, -0.05) is 48.5 Å². The second-order valence-electron chi connectivity index (χ2n) is 9.84. The predicted molar refractivity (Wildman–Crippen MR) is 128 cm³/mol. The SMILES string of the molecule is O=C(NCC1CC2c3ccccc3C1c1ccccc12)C1=NN(C2CCS(=O)(=O)C2)C(=O)CC1. The normalized spacial score (nSPS) is 28.8. The summed E-state index contributed by atoms with van der Waals surface area (Å²) in [5.41, 5.74) is 5.81. The first-order chi connectivity index (χ1) is 16.4. The van der Waals surface area contributed by atoms with E-state index in [9.17, 15) is 18.0 Å². The van der Waals surface area contributed by atoms with E-state index in [0.717, 1.165) is 6.42 Å². The standard InChI is InChI=1S/C26H27N3O4S/c30-24-10-9-23(28-29(24)17-11-12-34(32,33)15-17)26(31)27-14-16-13-22-18-5-1-3-7-20(18)25(16)21-8-4-2-6-19(21)22/h1-8,16-17,22,25H,9-15H2,(H,27,31). The van der Waals surface area contributed by atoms with Crippen LogP contribution in [0.25, 0.3) is 0 Å². The van der Waals surface area contributed by atoms with Crippen LogP contribution >= 0.6 is 0 Å². The summed E-state index contributed by atoms with van der Waals surface area (Å²) < 4.78 is 23.7. The minimum absolute atomic E-state index is 0.0612. The van der Waals surface area contributed by atoms with E-state index >= 15 is 0 Å². The van der Waals surface area contributed by atoms with Gasteiger partial charge in [-0.05, 0) is 41.0 Å². The van der Waals surface area contributed by atoms with E-state index in [1.54, 1.807) is 0 Å². The van der Waals surface area contributed by atoms with Crippen molar-refractivity contribution in [1.82, 2.24) is 10.3 Å². The molecule has 34 heavy (non-hydrogen) atoms. The molecule has 2 heterocycles. The van der Waals surface area contributed by atoms with E-state index in [1.807, 2.05) is 0 Å². The van der Waals surface area contributed by atoms with E-state index in [1.165, 1.54) is 27.3 Å². The fourth-order valence-corrected chi connectivity index (χ4v) is 7.97. The van der Waals surface area contributed by atoms with Gasteiger partial charge in [0, 0.05) is 31.2 Å². The Bertz CT molecular complexity index is 1270. The first-order valence-corrected chi connectivity index (χ1v) is 13.8. The molecule has 8 heteroatoms. The lowest BCUT2D eigenvalue weighted by atomic mass is 9.59. The lowest BCUT2D eigenvalue weighted by Gasteiger charge is -2.45. The molecule has 0 spiro atoms. The maximum atomic E-state index is 13.0. The number of hydrogen-bond acceptors (Lipinski definition) is 5. The van der Waals surface area contributed by atoms with Gasteiger partial charge in [0.1, 0.15) is 5.71 Å². The molecule has 0 aromatic heterocycles. The molecule has 1 saturated heterocycles. The Morgan fingerprint density at radius 1 is 1.00 bits per heavy atom. The van der Waals surface area contributed by atoms with Crippen LogP contribution in [0, 0.1) is 5.92 Å². The molecule has 2 aromatic carbocycles. The number of amides is 2. The van der Waals surface area contributed by atoms with Gasteiger partial charge in [-0.25, -0.2) is 13.4 Å². The Morgan fingerprint density at radius 2 is 1.65 bits per heavy atom. The Kier molecular flexibility index (Phi) is 5.09. The summed E-state index contributed by atoms with van der Waals surface area (Å²) >= 11 is 0. The fraction of sp³-hybridized carbons (Fsp3) is 0.423. The molecule has 2 unspecified atom stereocenters. The first kappa shape index (κ1) is 21.5. The quantitative estimate of drug-likeness (QED) is 0.732. The van der Waals surface area contributed by atoms with Crippen LogP contribution in [-0.2, 0) is 19.4 Å². The predicted octanol–water partition coefficient (Wildman–Crippen LogP) is 2.57. The number of nitrogens with zero attached hydrogens (tertiary/aromatic N) is 2. The second-order valence-corrected chi connectivity index (χ2v) is 12.1. The van der Waals surface area contributed by atoms with Gasteiger partial charge in [-0.3, -0.25) is 9.59 Å². The molecule has 0 radical (unpaired) electrons. The van der Waals surface area contributed by atoms with Crippen molar-refractivity contribution >= 4 is 27.4 Å². The summed E-state index contributed by atoms with van der Waals surface area (Å²) in [6.07, 6.45) is 1.81. The molecule has 0 saturated carbocycles. The Labute approximate surface area is 199 Å². The maximum Gasteiger partial charge on any atom is 0.267 e. The van der Waals surface area contributed by atoms with E-state index in [0.29, 0.717) is 24.6 Å². The molecular formula is C26H27N3O4S. The largest absolute Gasteiger partial charge is 0.351 e. The van der Waals surface area contributed by atoms with Crippen molar-refractivity contribution in [2.24, 2.45) is 11.0 Å². The molecule has 7 rings (SSSR count). The minimum Gasteiger partial charge on any atom is -0.351 e. The smallest absolute Gasteiger partial charge is 0.267 e. The monoisotopic (exact) mass is 477 g/mol. The number of carbonyl (C=O) groups excluding carboxylic acids is 2. The number of rotatable bonds is 4. The Balaban J connectivity index is 1.20. The van der Waals surface area contributed by atoms with Gasteiger partial charge in [0.25, 0.3) is 5.91 Å². The molecule has 2 atom stereocenters. The zero-order chi connectivity index (χ0) is 23.4. The van der Waals surface area contributed by atoms with Gasteiger partial charge in [-0.15, -0.1) is 0 Å². The van der Waals surface area contributed by atoms with Gasteiger partial charge in [0.15, 0.2) is 9.84 Å². The van der Waals surface area contributed by atoms with E-state index < -0.39 is 15.9 Å². The van der Waals surface area contributed by atoms with Gasteiger partial charge in [0.05, 0.1) is 17.5 Å². The molecule has 1 fully saturated rings. The number of fused-ring (bicyclic) bond motifs is 1. The molecule has 3 aliphatic carbocycles. The van der Waals surface area contributed by atoms with Crippen LogP contribution in [-0.4, -0.2) is 55.0 Å². The summed E-state index contributed by atoms with van der Waals surface area (Å²) in [5, 5.41) is 8.65. The highest BCUT2D eigenvalue weighted by molar-refractivity contribution is 7.91. The van der Waals surface area contributed by atoms with E-state index in [-0.39, 0.29) is 48.0 Å². The number of carbonyl (C=O) groups is 2. The third-order valence-corrected chi connectivity index (χ3v) is 9.57. The Hall–Kier alpha value is -3.00. The van der Waals surface area contributed by atoms with Crippen molar-refractivity contribution in [3.05, 3.63) is 70.8 Å². The highest BCUT2D eigenvalue weighted by Gasteiger charge is 2.43. The summed E-state index contributed by atoms with van der Waals surface area (Å²) in [6.45, 7) is 0.535. The highest BCUT2D eigenvalue weighted by Crippen LogP contribution is 2.55. The van der Waals surface area contributed by atoms with Crippen molar-refractivity contribution in [1.29, 1.82) is 0 Å². The van der Waals surface area contributed by atoms with Crippen LogP contribution in [0.2, 0.25) is 0 Å². The average Bonchev–Trinajstić information content (AvgIpc) is 3.22. The van der Waals surface area contributed by atoms with Crippen LogP contribution in [0.1, 0.15) is 59.8 Å². The van der Waals surface area contributed by atoms with Crippen LogP contribution in [0.5, 0.6) is 0 Å². The molecular weight excluding hydrogens is 450 g/mol. The molecule has 2 amide bonds. The Morgan fingerprint density at radius 3 is 2.26 bits per heavy atom. The number of benzene rings is 2. The number of hydrogen-bond donors (Lipinski definition) is 1. The van der Waals surface area contributed by atoms with E-state index in [4.69, 9.17) is 0 Å². The molecule has 5 aliphatic rings. The van der Waals surface area contributed by atoms with Crippen LogP contribution in [0.4, 0.5) is 0 Å². The second kappa shape index (κ2) is 8.05. The van der Waals surface area contributed by atoms with Crippen molar-refractivity contribution in [3.63, 3.8) is 0 Å². The van der Waals surface area contributed by atoms with E-state index in [2.05, 4.69) is 58.9 Å². The lowest BCUT2D eigenvalue weighted by molar-refractivity contribution is -0.133. The number of nitrogens with one attached hydrogen (secondary N) is 1. The lowest BCUT2D eigenvalue weighted by Crippen LogP contribution is -2.45. The third-order valence-electron chi connectivity index (χ3n) is 7.82. The average molecular weight is 478 g/mol. The number of sulfone groups is 1. The molecule has 176 valence electrons. The third kappa shape index (κ3) is 3.55. The van der Waals surface area contributed by atoms with Gasteiger partial charge in [-0.2, -0.15) is 5.10 Å². The molecule has 2 aliphatic heterocycles. The van der Waals surface area contributed by atoms with Crippen molar-refractivity contribution < 1.29 is 18.0 Å². The summed E-state index contributed by atoms with van der Waals surface area (Å²) in [7, 11) is -3.15. The van der Waals surface area contributed by atoms with Crippen molar-refractivity contribution in [2.75, 3.05) is 18.1 Å². The van der Waals surface area contributed by atoms with Gasteiger partial charge >= 0.3 is 0 Å². The fourth-order valence-electron chi connectivity index (χ4n) is 6.27. The van der Waals surface area contributed by atoms with Crippen LogP contribution < -0.4 is 5.32 Å². The highest BCUT2D eigenvalue weighted by atomic mass is 32.2. The maximum absolute atomic E-state index is 13.0.